The van der Waals surface area contributed by atoms with Crippen LogP contribution in [-0.4, -0.2) is 38.1 Å². The lowest BCUT2D eigenvalue weighted by molar-refractivity contribution is -0.118. The Labute approximate surface area is 224 Å². The fraction of sp³-hybridized carbons (Fsp3) is 0.444. The third kappa shape index (κ3) is 9.19. The number of hydrogen-bond acceptors (Lipinski definition) is 8. The highest BCUT2D eigenvalue weighted by atomic mass is 32.2. The summed E-state index contributed by atoms with van der Waals surface area (Å²) < 4.78 is 35.6. The van der Waals surface area contributed by atoms with Crippen molar-refractivity contribution >= 4 is 39.2 Å². The van der Waals surface area contributed by atoms with Crippen molar-refractivity contribution in [3.05, 3.63) is 54.1 Å². The van der Waals surface area contributed by atoms with E-state index in [0.29, 0.717) is 10.7 Å². The number of rotatable bonds is 15. The molecule has 0 bridgehead atoms. The van der Waals surface area contributed by atoms with E-state index in [0.717, 1.165) is 19.3 Å². The first-order valence-electron chi connectivity index (χ1n) is 12.7. The third-order valence-corrected chi connectivity index (χ3v) is 8.26. The summed E-state index contributed by atoms with van der Waals surface area (Å²) in [5.74, 6) is 0.284. The number of nitrogens with zero attached hydrogens (tertiary/aromatic N) is 2. The lowest BCUT2D eigenvalue weighted by Gasteiger charge is -2.11. The Hall–Kier alpha value is -2.85. The van der Waals surface area contributed by atoms with Crippen LogP contribution in [0.25, 0.3) is 0 Å². The predicted octanol–water partition coefficient (Wildman–Crippen LogP) is 5.92. The Balaban J connectivity index is 1.50. The van der Waals surface area contributed by atoms with Gasteiger partial charge in [0.25, 0.3) is 0 Å². The maximum Gasteiger partial charge on any atom is 0.339 e. The largest absolute Gasteiger partial charge is 0.493 e. The maximum atomic E-state index is 12.5. The normalized spacial score (nSPS) is 16.9. The molecule has 1 atom stereocenters. The van der Waals surface area contributed by atoms with Crippen molar-refractivity contribution in [3.8, 4) is 11.5 Å². The van der Waals surface area contributed by atoms with E-state index in [1.165, 1.54) is 81.8 Å². The highest BCUT2D eigenvalue weighted by molar-refractivity contribution is 8.15. The van der Waals surface area contributed by atoms with Crippen LogP contribution in [0.4, 0.5) is 0 Å². The minimum atomic E-state index is -3.99. The molecule has 1 saturated heterocycles. The standard InChI is InChI=1S/C27H35N3O5S2/c1-3-4-5-6-7-8-9-13-16-25-26(31)29-27(36-25)30-28-20-21-17-18-23(24(19-21)34-2)35-37(32,33)22-14-11-10-12-15-22/h10-12,14-15,17-20,25H,3-9,13,16H2,1-2H3,(H,29,30,31)/b28-20+. The van der Waals surface area contributed by atoms with Crippen LogP contribution in [0.5, 0.6) is 11.5 Å². The number of ether oxygens (including phenoxy) is 1. The third-order valence-electron chi connectivity index (χ3n) is 5.87. The van der Waals surface area contributed by atoms with E-state index in [1.807, 2.05) is 0 Å². The van der Waals surface area contributed by atoms with Gasteiger partial charge in [-0.2, -0.15) is 13.5 Å². The van der Waals surface area contributed by atoms with E-state index in [4.69, 9.17) is 8.92 Å². The number of benzene rings is 2. The van der Waals surface area contributed by atoms with Gasteiger partial charge in [-0.05, 0) is 42.3 Å². The number of thioether (sulfide) groups is 1. The molecule has 37 heavy (non-hydrogen) atoms. The summed E-state index contributed by atoms with van der Waals surface area (Å²) in [6.07, 6.45) is 12.2. The van der Waals surface area contributed by atoms with Crippen LogP contribution in [0.1, 0.15) is 70.3 Å². The molecule has 1 heterocycles. The van der Waals surface area contributed by atoms with Crippen LogP contribution in [-0.2, 0) is 14.9 Å². The Kier molecular flexibility index (Phi) is 11.5. The second-order valence-corrected chi connectivity index (χ2v) is 11.5. The second kappa shape index (κ2) is 14.8. The molecule has 0 aromatic heterocycles. The Morgan fingerprint density at radius 3 is 2.38 bits per heavy atom. The number of carbonyl (C=O) groups excluding carboxylic acids is 1. The van der Waals surface area contributed by atoms with Crippen molar-refractivity contribution < 1.29 is 22.1 Å². The van der Waals surface area contributed by atoms with E-state index in [2.05, 4.69) is 22.4 Å². The summed E-state index contributed by atoms with van der Waals surface area (Å²) in [6, 6.07) is 12.6. The van der Waals surface area contributed by atoms with Crippen molar-refractivity contribution in [3.63, 3.8) is 0 Å². The molecular weight excluding hydrogens is 510 g/mol. The molecule has 200 valence electrons. The van der Waals surface area contributed by atoms with Crippen molar-refractivity contribution in [1.82, 2.24) is 5.32 Å². The number of carbonyl (C=O) groups is 1. The summed E-state index contributed by atoms with van der Waals surface area (Å²) in [6.45, 7) is 2.22. The van der Waals surface area contributed by atoms with Gasteiger partial charge in [0, 0.05) is 0 Å². The second-order valence-electron chi connectivity index (χ2n) is 8.77. The molecule has 10 heteroatoms. The average Bonchev–Trinajstić information content (AvgIpc) is 3.25. The zero-order valence-electron chi connectivity index (χ0n) is 21.4. The number of amidine groups is 1. The van der Waals surface area contributed by atoms with E-state index in [1.54, 1.807) is 30.3 Å². The van der Waals surface area contributed by atoms with Crippen LogP contribution < -0.4 is 14.2 Å². The molecule has 1 amide bonds. The molecule has 1 fully saturated rings. The van der Waals surface area contributed by atoms with Gasteiger partial charge in [0.05, 0.1) is 18.6 Å². The highest BCUT2D eigenvalue weighted by Gasteiger charge is 2.29. The Morgan fingerprint density at radius 2 is 1.68 bits per heavy atom. The molecule has 0 radical (unpaired) electrons. The van der Waals surface area contributed by atoms with E-state index in [-0.39, 0.29) is 27.6 Å². The molecular formula is C27H35N3O5S2. The van der Waals surface area contributed by atoms with Gasteiger partial charge in [0.15, 0.2) is 16.7 Å². The number of unbranched alkanes of at least 4 members (excludes halogenated alkanes) is 7. The number of hydrogen-bond donors (Lipinski definition) is 1. The SMILES string of the molecule is CCCCCCCCCCC1S/C(=N/N=C/c2ccc(OS(=O)(=O)c3ccccc3)c(OC)c2)NC1=O. The smallest absolute Gasteiger partial charge is 0.339 e. The van der Waals surface area contributed by atoms with Crippen LogP contribution in [0.3, 0.4) is 0 Å². The minimum absolute atomic E-state index is 0.0234. The lowest BCUT2D eigenvalue weighted by atomic mass is 10.1. The quantitative estimate of drug-likeness (QED) is 0.129. The first-order valence-corrected chi connectivity index (χ1v) is 15.0. The fourth-order valence-electron chi connectivity index (χ4n) is 3.84. The molecule has 1 N–H and O–H groups in total. The summed E-state index contributed by atoms with van der Waals surface area (Å²) in [4.78, 5) is 12.3. The monoisotopic (exact) mass is 545 g/mol. The zero-order chi connectivity index (χ0) is 26.5. The summed E-state index contributed by atoms with van der Waals surface area (Å²) in [5.41, 5.74) is 0.635. The van der Waals surface area contributed by atoms with Gasteiger partial charge in [-0.1, -0.05) is 88.3 Å². The number of amides is 1. The molecule has 1 aliphatic rings. The highest BCUT2D eigenvalue weighted by Crippen LogP contribution is 2.30. The number of nitrogens with one attached hydrogen (secondary N) is 1. The van der Waals surface area contributed by atoms with E-state index in [9.17, 15) is 13.2 Å². The van der Waals surface area contributed by atoms with Crippen molar-refractivity contribution in [1.29, 1.82) is 0 Å². The van der Waals surface area contributed by atoms with Crippen molar-refractivity contribution in [2.45, 2.75) is 74.9 Å². The van der Waals surface area contributed by atoms with Gasteiger partial charge in [-0.3, -0.25) is 4.79 Å². The first kappa shape index (κ1) is 28.7. The average molecular weight is 546 g/mol. The summed E-state index contributed by atoms with van der Waals surface area (Å²) >= 11 is 1.41. The first-order chi connectivity index (χ1) is 17.9. The predicted molar refractivity (Wildman–Crippen MR) is 149 cm³/mol. The van der Waals surface area contributed by atoms with E-state index < -0.39 is 10.1 Å². The van der Waals surface area contributed by atoms with Gasteiger partial charge < -0.3 is 14.2 Å². The molecule has 1 aliphatic heterocycles. The van der Waals surface area contributed by atoms with Gasteiger partial charge in [0.1, 0.15) is 4.90 Å². The lowest BCUT2D eigenvalue weighted by Crippen LogP contribution is -2.24. The van der Waals surface area contributed by atoms with Gasteiger partial charge in [-0.25, -0.2) is 0 Å². The van der Waals surface area contributed by atoms with Crippen molar-refractivity contribution in [2.24, 2.45) is 10.2 Å². The fourth-order valence-corrected chi connectivity index (χ4v) is 5.78. The molecule has 2 aromatic carbocycles. The molecule has 0 saturated carbocycles. The Morgan fingerprint density at radius 1 is 0.973 bits per heavy atom. The molecule has 2 aromatic rings. The molecule has 0 spiro atoms. The Bertz CT molecular complexity index is 1180. The zero-order valence-corrected chi connectivity index (χ0v) is 23.0. The summed E-state index contributed by atoms with van der Waals surface area (Å²) in [5, 5.41) is 11.3. The van der Waals surface area contributed by atoms with Crippen LogP contribution >= 0.6 is 11.8 Å². The van der Waals surface area contributed by atoms with Gasteiger partial charge in [-0.15, -0.1) is 5.10 Å². The van der Waals surface area contributed by atoms with Gasteiger partial charge >= 0.3 is 10.1 Å². The van der Waals surface area contributed by atoms with E-state index >= 15 is 0 Å². The van der Waals surface area contributed by atoms with Crippen LogP contribution in [0.2, 0.25) is 0 Å². The van der Waals surface area contributed by atoms with Crippen LogP contribution in [0, 0.1) is 0 Å². The van der Waals surface area contributed by atoms with Crippen molar-refractivity contribution in [2.75, 3.05) is 7.11 Å². The molecule has 0 aliphatic carbocycles. The molecule has 3 rings (SSSR count). The topological polar surface area (TPSA) is 106 Å². The maximum absolute atomic E-state index is 12.5. The molecule has 1 unspecified atom stereocenters. The number of methoxy groups -OCH3 is 1. The van der Waals surface area contributed by atoms with Gasteiger partial charge in [0.2, 0.25) is 5.91 Å². The minimum Gasteiger partial charge on any atom is -0.493 e. The summed E-state index contributed by atoms with van der Waals surface area (Å²) in [7, 11) is -2.56. The molecule has 8 nitrogen and oxygen atoms in total. The van der Waals surface area contributed by atoms with Crippen LogP contribution in [0.15, 0.2) is 63.6 Å².